The maximum Gasteiger partial charge on any atom is 0.290 e. The fourth-order valence-electron chi connectivity index (χ4n) is 3.01. The monoisotopic (exact) mass is 333 g/mol. The lowest BCUT2D eigenvalue weighted by atomic mass is 9.93. The molecular weight excluding hydrogens is 313 g/mol. The summed E-state index contributed by atoms with van der Waals surface area (Å²) >= 11 is 0. The van der Waals surface area contributed by atoms with E-state index < -0.39 is 5.60 Å². The maximum absolute atomic E-state index is 13.4. The Morgan fingerprint density at radius 1 is 1.50 bits per heavy atom. The van der Waals surface area contributed by atoms with Crippen LogP contribution >= 0.6 is 0 Å². The van der Waals surface area contributed by atoms with Crippen LogP contribution in [0.4, 0.5) is 4.39 Å². The van der Waals surface area contributed by atoms with Crippen LogP contribution in [-0.2, 0) is 18.2 Å². The largest absolute Gasteiger partial charge is 0.393 e. The summed E-state index contributed by atoms with van der Waals surface area (Å²) in [5, 5.41) is 9.88. The molecule has 7 heteroatoms. The number of carbonyl (C=O) groups excluding carboxylic acids is 1. The van der Waals surface area contributed by atoms with Crippen LogP contribution in [0.2, 0.25) is 0 Å². The number of imidazole rings is 1. The predicted molar refractivity (Wildman–Crippen MR) is 85.0 cm³/mol. The Balaban J connectivity index is 1.79. The van der Waals surface area contributed by atoms with Gasteiger partial charge in [-0.15, -0.1) is 0 Å². The van der Waals surface area contributed by atoms with Gasteiger partial charge in [-0.25, -0.2) is 9.37 Å². The zero-order valence-electron chi connectivity index (χ0n) is 13.5. The van der Waals surface area contributed by atoms with Crippen LogP contribution in [0, 0.1) is 5.82 Å². The van der Waals surface area contributed by atoms with Gasteiger partial charge in [0.2, 0.25) is 0 Å². The number of hydrogen-bond acceptors (Lipinski definition) is 4. The topological polar surface area (TPSA) is 67.6 Å². The quantitative estimate of drug-likeness (QED) is 0.907. The summed E-state index contributed by atoms with van der Waals surface area (Å²) in [6.07, 6.45) is 3.60. The molecule has 6 nitrogen and oxygen atoms in total. The summed E-state index contributed by atoms with van der Waals surface area (Å²) < 4.78 is 20.9. The second-order valence-electron chi connectivity index (χ2n) is 6.08. The highest BCUT2D eigenvalue weighted by atomic mass is 19.1. The van der Waals surface area contributed by atoms with E-state index in [4.69, 9.17) is 4.74 Å². The third-order valence-corrected chi connectivity index (χ3v) is 4.25. The molecule has 3 rings (SSSR count). The summed E-state index contributed by atoms with van der Waals surface area (Å²) in [5.41, 5.74) is -0.220. The molecule has 1 N–H and O–H groups in total. The molecule has 1 aromatic heterocycles. The zero-order valence-corrected chi connectivity index (χ0v) is 13.5. The number of benzene rings is 1. The minimum absolute atomic E-state index is 0.206. The normalized spacial score (nSPS) is 21.0. The lowest BCUT2D eigenvalue weighted by Gasteiger charge is -2.41. The van der Waals surface area contributed by atoms with Crippen molar-refractivity contribution in [3.63, 3.8) is 0 Å². The first-order valence-corrected chi connectivity index (χ1v) is 7.79. The number of ether oxygens (including phenoxy) is 1. The Kier molecular flexibility index (Phi) is 4.64. The summed E-state index contributed by atoms with van der Waals surface area (Å²) in [5.74, 6) is -0.199. The van der Waals surface area contributed by atoms with Gasteiger partial charge in [0.05, 0.1) is 19.8 Å². The third kappa shape index (κ3) is 3.32. The van der Waals surface area contributed by atoms with Gasteiger partial charge in [-0.1, -0.05) is 12.1 Å². The highest BCUT2D eigenvalue weighted by Crippen LogP contribution is 2.24. The van der Waals surface area contributed by atoms with Gasteiger partial charge in [0.15, 0.2) is 5.82 Å². The van der Waals surface area contributed by atoms with Crippen molar-refractivity contribution in [3.8, 4) is 0 Å². The molecule has 2 aromatic rings. The van der Waals surface area contributed by atoms with E-state index in [-0.39, 0.29) is 24.9 Å². The molecule has 1 aromatic carbocycles. The van der Waals surface area contributed by atoms with E-state index in [2.05, 4.69) is 4.98 Å². The molecule has 1 aliphatic heterocycles. The first-order valence-electron chi connectivity index (χ1n) is 7.79. The number of amides is 1. The summed E-state index contributed by atoms with van der Waals surface area (Å²) in [6, 6.07) is 6.19. The molecule has 0 radical (unpaired) electrons. The van der Waals surface area contributed by atoms with Crippen molar-refractivity contribution in [3.05, 3.63) is 53.9 Å². The van der Waals surface area contributed by atoms with Crippen molar-refractivity contribution in [2.24, 2.45) is 7.05 Å². The van der Waals surface area contributed by atoms with E-state index in [9.17, 15) is 14.3 Å². The van der Waals surface area contributed by atoms with E-state index in [1.54, 1.807) is 41.0 Å². The molecule has 1 saturated heterocycles. The SMILES string of the molecule is Cn1ccnc1C(=O)N1CCO[C@@](CO)(Cc2cccc(F)c2)C1. The molecule has 0 bridgehead atoms. The number of halogens is 1. The molecule has 1 atom stereocenters. The minimum Gasteiger partial charge on any atom is -0.393 e. The molecule has 0 unspecified atom stereocenters. The van der Waals surface area contributed by atoms with Crippen LogP contribution in [-0.4, -0.2) is 57.4 Å². The van der Waals surface area contributed by atoms with E-state index in [0.29, 0.717) is 25.4 Å². The number of morpholine rings is 1. The second kappa shape index (κ2) is 6.70. The summed E-state index contributed by atoms with van der Waals surface area (Å²) in [7, 11) is 1.76. The highest BCUT2D eigenvalue weighted by molar-refractivity contribution is 5.91. The van der Waals surface area contributed by atoms with Crippen LogP contribution in [0.5, 0.6) is 0 Å². The molecule has 24 heavy (non-hydrogen) atoms. The number of aromatic nitrogens is 2. The third-order valence-electron chi connectivity index (χ3n) is 4.25. The first kappa shape index (κ1) is 16.6. The lowest BCUT2D eigenvalue weighted by molar-refractivity contribution is -0.123. The Morgan fingerprint density at radius 2 is 2.33 bits per heavy atom. The fraction of sp³-hybridized carbons (Fsp3) is 0.412. The standard InChI is InChI=1S/C17H20FN3O3/c1-20-6-5-19-15(20)16(23)21-7-8-24-17(11-21,12-22)10-13-3-2-4-14(18)9-13/h2-6,9,22H,7-8,10-12H2,1H3/t17-/m0/s1. The van der Waals surface area contributed by atoms with Gasteiger partial charge in [0.25, 0.3) is 5.91 Å². The van der Waals surface area contributed by atoms with E-state index >= 15 is 0 Å². The second-order valence-corrected chi connectivity index (χ2v) is 6.08. The molecule has 0 spiro atoms. The summed E-state index contributed by atoms with van der Waals surface area (Å²) in [4.78, 5) is 18.3. The van der Waals surface area contributed by atoms with Gasteiger partial charge in [-0.2, -0.15) is 0 Å². The Hall–Kier alpha value is -2.25. The number of aliphatic hydroxyl groups is 1. The zero-order chi connectivity index (χ0) is 17.2. The van der Waals surface area contributed by atoms with Crippen LogP contribution in [0.3, 0.4) is 0 Å². The van der Waals surface area contributed by atoms with Crippen molar-refractivity contribution >= 4 is 5.91 Å². The molecular formula is C17H20FN3O3. The number of aryl methyl sites for hydroxylation is 1. The van der Waals surface area contributed by atoms with Crippen LogP contribution in [0.15, 0.2) is 36.7 Å². The van der Waals surface area contributed by atoms with Gasteiger partial charge in [0.1, 0.15) is 11.4 Å². The predicted octanol–water partition coefficient (Wildman–Crippen LogP) is 1.01. The number of rotatable bonds is 4. The van der Waals surface area contributed by atoms with Gasteiger partial charge >= 0.3 is 0 Å². The van der Waals surface area contributed by atoms with Gasteiger partial charge in [0, 0.05) is 32.4 Å². The molecule has 0 saturated carbocycles. The van der Waals surface area contributed by atoms with Crippen molar-refractivity contribution in [2.75, 3.05) is 26.3 Å². The molecule has 1 fully saturated rings. The van der Waals surface area contributed by atoms with Crippen molar-refractivity contribution in [2.45, 2.75) is 12.0 Å². The van der Waals surface area contributed by atoms with Crippen LogP contribution < -0.4 is 0 Å². The molecule has 128 valence electrons. The van der Waals surface area contributed by atoms with Gasteiger partial charge in [-0.05, 0) is 17.7 Å². The number of carbonyl (C=O) groups is 1. The lowest BCUT2D eigenvalue weighted by Crippen LogP contribution is -2.57. The average molecular weight is 333 g/mol. The van der Waals surface area contributed by atoms with E-state index in [1.165, 1.54) is 12.1 Å². The van der Waals surface area contributed by atoms with E-state index in [0.717, 1.165) is 5.56 Å². The number of aliphatic hydroxyl groups excluding tert-OH is 1. The smallest absolute Gasteiger partial charge is 0.290 e. The maximum atomic E-state index is 13.4. The van der Waals surface area contributed by atoms with E-state index in [1.807, 2.05) is 0 Å². The van der Waals surface area contributed by atoms with Crippen molar-refractivity contribution in [1.82, 2.24) is 14.5 Å². The van der Waals surface area contributed by atoms with Crippen molar-refractivity contribution in [1.29, 1.82) is 0 Å². The van der Waals surface area contributed by atoms with Crippen LogP contribution in [0.1, 0.15) is 16.2 Å². The molecule has 1 aliphatic rings. The minimum atomic E-state index is -0.938. The van der Waals surface area contributed by atoms with Gasteiger partial charge in [-0.3, -0.25) is 4.79 Å². The molecule has 0 aliphatic carbocycles. The Bertz CT molecular complexity index is 733. The van der Waals surface area contributed by atoms with Crippen molar-refractivity contribution < 1.29 is 19.0 Å². The Labute approximate surface area is 139 Å². The average Bonchev–Trinajstić information content (AvgIpc) is 3.00. The number of hydrogen-bond donors (Lipinski definition) is 1. The molecule has 1 amide bonds. The Morgan fingerprint density at radius 3 is 3.00 bits per heavy atom. The van der Waals surface area contributed by atoms with Gasteiger partial charge < -0.3 is 19.3 Å². The summed E-state index contributed by atoms with van der Waals surface area (Å²) in [6.45, 7) is 0.711. The highest BCUT2D eigenvalue weighted by Gasteiger charge is 2.39. The first-order chi connectivity index (χ1) is 11.5. The van der Waals surface area contributed by atoms with Crippen LogP contribution in [0.25, 0.3) is 0 Å². The molecule has 2 heterocycles. The fourth-order valence-corrected chi connectivity index (χ4v) is 3.01. The number of nitrogens with zero attached hydrogens (tertiary/aromatic N) is 3.